The summed E-state index contributed by atoms with van der Waals surface area (Å²) in [4.78, 5) is 4.27. The van der Waals surface area contributed by atoms with Crippen LogP contribution in [0.15, 0.2) is 4.99 Å². The molecular weight excluding hydrogens is 357 g/mol. The Hall–Kier alpha value is 0.350. The van der Waals surface area contributed by atoms with E-state index < -0.39 is 0 Å². The molecule has 0 aliphatic heterocycles. The summed E-state index contributed by atoms with van der Waals surface area (Å²) in [6.45, 7) is 4.39. The summed E-state index contributed by atoms with van der Waals surface area (Å²) in [6.07, 6.45) is 8.77. The van der Waals surface area contributed by atoms with Crippen molar-refractivity contribution >= 4 is 41.7 Å². The van der Waals surface area contributed by atoms with E-state index in [4.69, 9.17) is 0 Å². The Morgan fingerprint density at radius 2 is 2.06 bits per heavy atom. The maximum absolute atomic E-state index is 4.27. The van der Waals surface area contributed by atoms with Gasteiger partial charge < -0.3 is 10.6 Å². The lowest BCUT2D eigenvalue weighted by Gasteiger charge is -2.41. The van der Waals surface area contributed by atoms with E-state index in [1.165, 1.54) is 37.9 Å². The third-order valence-corrected chi connectivity index (χ3v) is 4.53. The molecule has 0 aromatic carbocycles. The van der Waals surface area contributed by atoms with E-state index in [1.54, 1.807) is 0 Å². The average Bonchev–Trinajstić information content (AvgIpc) is 2.31. The minimum Gasteiger partial charge on any atom is -0.356 e. The number of nitrogens with one attached hydrogen (secondary N) is 2. The van der Waals surface area contributed by atoms with Crippen molar-refractivity contribution in [1.82, 2.24) is 10.6 Å². The van der Waals surface area contributed by atoms with E-state index in [9.17, 15) is 0 Å². The zero-order valence-electron chi connectivity index (χ0n) is 11.9. The van der Waals surface area contributed by atoms with Crippen molar-refractivity contribution in [2.24, 2.45) is 10.4 Å². The summed E-state index contributed by atoms with van der Waals surface area (Å²) >= 11 is 1.89. The predicted molar refractivity (Wildman–Crippen MR) is 94.4 cm³/mol. The topological polar surface area (TPSA) is 36.4 Å². The molecule has 0 bridgehead atoms. The Morgan fingerprint density at radius 3 is 2.50 bits per heavy atom. The molecule has 18 heavy (non-hydrogen) atoms. The quantitative estimate of drug-likeness (QED) is 0.306. The SMILES string of the molecule is CCC1(CNC(=NC)NCCCSC)CCC1.I. The Morgan fingerprint density at radius 1 is 1.33 bits per heavy atom. The molecule has 1 aliphatic rings. The number of hydrogen-bond donors (Lipinski definition) is 2. The van der Waals surface area contributed by atoms with E-state index >= 15 is 0 Å². The van der Waals surface area contributed by atoms with Crippen LogP contribution in [-0.4, -0.2) is 38.1 Å². The van der Waals surface area contributed by atoms with Crippen LogP contribution in [0, 0.1) is 5.41 Å². The summed E-state index contributed by atoms with van der Waals surface area (Å²) < 4.78 is 0. The summed E-state index contributed by atoms with van der Waals surface area (Å²) in [6, 6.07) is 0. The van der Waals surface area contributed by atoms with Gasteiger partial charge in [-0.1, -0.05) is 13.3 Å². The minimum absolute atomic E-state index is 0. The van der Waals surface area contributed by atoms with Crippen LogP contribution in [0.2, 0.25) is 0 Å². The molecule has 0 heterocycles. The van der Waals surface area contributed by atoms with Crippen LogP contribution < -0.4 is 10.6 Å². The lowest BCUT2D eigenvalue weighted by molar-refractivity contribution is 0.131. The van der Waals surface area contributed by atoms with Gasteiger partial charge in [-0.25, -0.2) is 0 Å². The molecular formula is C13H28IN3S. The van der Waals surface area contributed by atoms with Gasteiger partial charge in [-0.15, -0.1) is 24.0 Å². The van der Waals surface area contributed by atoms with Crippen LogP contribution in [0.5, 0.6) is 0 Å². The van der Waals surface area contributed by atoms with Crippen molar-refractivity contribution in [2.75, 3.05) is 32.1 Å². The summed E-state index contributed by atoms with van der Waals surface area (Å²) in [5.74, 6) is 2.17. The number of guanidine groups is 1. The number of aliphatic imine (C=N–C) groups is 1. The van der Waals surface area contributed by atoms with E-state index in [0.717, 1.165) is 19.0 Å². The lowest BCUT2D eigenvalue weighted by Crippen LogP contribution is -2.46. The van der Waals surface area contributed by atoms with Crippen molar-refractivity contribution < 1.29 is 0 Å². The summed E-state index contributed by atoms with van der Waals surface area (Å²) in [5, 5.41) is 6.85. The van der Waals surface area contributed by atoms with Crippen molar-refractivity contribution in [2.45, 2.75) is 39.0 Å². The fraction of sp³-hybridized carbons (Fsp3) is 0.923. The van der Waals surface area contributed by atoms with Gasteiger partial charge in [0.15, 0.2) is 5.96 Å². The summed E-state index contributed by atoms with van der Waals surface area (Å²) in [7, 11) is 1.85. The number of rotatable bonds is 7. The van der Waals surface area contributed by atoms with Gasteiger partial charge in [0.05, 0.1) is 0 Å². The lowest BCUT2D eigenvalue weighted by atomic mass is 9.67. The fourth-order valence-electron chi connectivity index (χ4n) is 2.25. The van der Waals surface area contributed by atoms with E-state index in [1.807, 2.05) is 18.8 Å². The van der Waals surface area contributed by atoms with Crippen LogP contribution >= 0.6 is 35.7 Å². The highest BCUT2D eigenvalue weighted by molar-refractivity contribution is 14.0. The molecule has 0 aromatic heterocycles. The molecule has 0 radical (unpaired) electrons. The van der Waals surface area contributed by atoms with Gasteiger partial charge in [0, 0.05) is 20.1 Å². The molecule has 1 rings (SSSR count). The molecule has 108 valence electrons. The highest BCUT2D eigenvalue weighted by atomic mass is 127. The van der Waals surface area contributed by atoms with Crippen molar-refractivity contribution in [3.63, 3.8) is 0 Å². The number of halogens is 1. The molecule has 0 saturated heterocycles. The van der Waals surface area contributed by atoms with Gasteiger partial charge in [0.1, 0.15) is 0 Å². The van der Waals surface area contributed by atoms with E-state index in [0.29, 0.717) is 5.41 Å². The van der Waals surface area contributed by atoms with E-state index in [-0.39, 0.29) is 24.0 Å². The van der Waals surface area contributed by atoms with Gasteiger partial charge >= 0.3 is 0 Å². The molecule has 0 atom stereocenters. The van der Waals surface area contributed by atoms with Crippen molar-refractivity contribution in [1.29, 1.82) is 0 Å². The Bertz CT molecular complexity index is 237. The monoisotopic (exact) mass is 385 g/mol. The van der Waals surface area contributed by atoms with Crippen LogP contribution in [0.1, 0.15) is 39.0 Å². The second kappa shape index (κ2) is 10.2. The molecule has 0 amide bonds. The predicted octanol–water partition coefficient (Wildman–Crippen LogP) is 3.10. The van der Waals surface area contributed by atoms with Gasteiger partial charge in [0.25, 0.3) is 0 Å². The second-order valence-electron chi connectivity index (χ2n) is 4.91. The van der Waals surface area contributed by atoms with Crippen molar-refractivity contribution in [3.8, 4) is 0 Å². The molecule has 1 aliphatic carbocycles. The first-order valence-corrected chi connectivity index (χ1v) is 8.09. The smallest absolute Gasteiger partial charge is 0.190 e. The first-order chi connectivity index (χ1) is 8.26. The van der Waals surface area contributed by atoms with E-state index in [2.05, 4.69) is 28.8 Å². The molecule has 0 unspecified atom stereocenters. The van der Waals surface area contributed by atoms with Crippen LogP contribution in [0.3, 0.4) is 0 Å². The van der Waals surface area contributed by atoms with Gasteiger partial charge in [0.2, 0.25) is 0 Å². The maximum Gasteiger partial charge on any atom is 0.190 e. The molecule has 3 nitrogen and oxygen atoms in total. The molecule has 1 fully saturated rings. The van der Waals surface area contributed by atoms with Gasteiger partial charge in [-0.2, -0.15) is 11.8 Å². The highest BCUT2D eigenvalue weighted by Crippen LogP contribution is 2.42. The Labute approximate surface area is 133 Å². The zero-order valence-corrected chi connectivity index (χ0v) is 15.1. The zero-order chi connectivity index (χ0) is 12.6. The molecule has 2 N–H and O–H groups in total. The van der Waals surface area contributed by atoms with Crippen LogP contribution in [0.25, 0.3) is 0 Å². The average molecular weight is 385 g/mol. The Kier molecular flexibility index (Phi) is 10.4. The van der Waals surface area contributed by atoms with Crippen LogP contribution in [0.4, 0.5) is 0 Å². The molecule has 0 aromatic rings. The van der Waals surface area contributed by atoms with Gasteiger partial charge in [-0.3, -0.25) is 4.99 Å². The van der Waals surface area contributed by atoms with Crippen LogP contribution in [-0.2, 0) is 0 Å². The molecule has 5 heteroatoms. The highest BCUT2D eigenvalue weighted by Gasteiger charge is 2.34. The number of nitrogens with zero attached hydrogens (tertiary/aromatic N) is 1. The molecule has 0 spiro atoms. The minimum atomic E-state index is 0. The first kappa shape index (κ1) is 18.4. The first-order valence-electron chi connectivity index (χ1n) is 6.70. The maximum atomic E-state index is 4.27. The number of hydrogen-bond acceptors (Lipinski definition) is 2. The second-order valence-corrected chi connectivity index (χ2v) is 5.89. The summed E-state index contributed by atoms with van der Waals surface area (Å²) in [5.41, 5.74) is 0.552. The largest absolute Gasteiger partial charge is 0.356 e. The molecule has 1 saturated carbocycles. The fourth-order valence-corrected chi connectivity index (χ4v) is 2.68. The van der Waals surface area contributed by atoms with Crippen molar-refractivity contribution in [3.05, 3.63) is 0 Å². The third kappa shape index (κ3) is 5.99. The standard InChI is InChI=1S/C13H27N3S.HI/c1-4-13(7-5-8-13)11-16-12(14-2)15-9-6-10-17-3;/h4-11H2,1-3H3,(H2,14,15,16);1H. The van der Waals surface area contributed by atoms with Gasteiger partial charge in [-0.05, 0) is 43.1 Å². The Balaban J connectivity index is 0.00000289. The normalized spacial score (nSPS) is 17.6. The number of thioether (sulfide) groups is 1. The third-order valence-electron chi connectivity index (χ3n) is 3.84.